The van der Waals surface area contributed by atoms with Gasteiger partial charge in [0.15, 0.2) is 0 Å². The van der Waals surface area contributed by atoms with E-state index < -0.39 is 0 Å². The monoisotopic (exact) mass is 221 g/mol. The lowest BCUT2D eigenvalue weighted by atomic mass is 10.2. The summed E-state index contributed by atoms with van der Waals surface area (Å²) in [6, 6.07) is 6.10. The highest BCUT2D eigenvalue weighted by Gasteiger charge is 2.04. The van der Waals surface area contributed by atoms with Gasteiger partial charge in [0.05, 0.1) is 11.9 Å². The first-order chi connectivity index (χ1) is 7.30. The Balaban J connectivity index is 2.59. The number of aromatic nitrogens is 1. The molecule has 0 aliphatic rings. The highest BCUT2D eigenvalue weighted by Crippen LogP contribution is 2.11. The summed E-state index contributed by atoms with van der Waals surface area (Å²) < 4.78 is 0. The van der Waals surface area contributed by atoms with Gasteiger partial charge >= 0.3 is 0 Å². The van der Waals surface area contributed by atoms with E-state index in [1.165, 1.54) is 0 Å². The first-order valence-electron chi connectivity index (χ1n) is 4.91. The predicted octanol–water partition coefficient (Wildman–Crippen LogP) is 2.51. The summed E-state index contributed by atoms with van der Waals surface area (Å²) in [7, 11) is 0. The van der Waals surface area contributed by atoms with E-state index >= 15 is 0 Å². The van der Waals surface area contributed by atoms with E-state index in [9.17, 15) is 0 Å². The van der Waals surface area contributed by atoms with Crippen molar-refractivity contribution in [3.63, 3.8) is 0 Å². The topological polar surface area (TPSA) is 48.7 Å². The third kappa shape index (κ3) is 3.80. The van der Waals surface area contributed by atoms with Gasteiger partial charge in [0.1, 0.15) is 11.8 Å². The minimum atomic E-state index is 0.457. The van der Waals surface area contributed by atoms with Crippen molar-refractivity contribution in [2.75, 3.05) is 17.3 Å². The van der Waals surface area contributed by atoms with Crippen LogP contribution in [0.5, 0.6) is 0 Å². The Kier molecular flexibility index (Phi) is 4.99. The summed E-state index contributed by atoms with van der Waals surface area (Å²) in [5.74, 6) is 1.08. The van der Waals surface area contributed by atoms with E-state index in [1.807, 2.05) is 23.9 Å². The Morgan fingerprint density at radius 3 is 2.87 bits per heavy atom. The fraction of sp³-hybridized carbons (Fsp3) is 0.455. The van der Waals surface area contributed by atoms with Gasteiger partial charge in [-0.25, -0.2) is 4.98 Å². The molecule has 1 N–H and O–H groups in total. The molecule has 0 aliphatic heterocycles. The van der Waals surface area contributed by atoms with Gasteiger partial charge < -0.3 is 5.32 Å². The molecule has 0 amide bonds. The van der Waals surface area contributed by atoms with Gasteiger partial charge in [-0.1, -0.05) is 6.92 Å². The molecule has 0 aliphatic carbocycles. The number of anilines is 1. The lowest BCUT2D eigenvalue weighted by Crippen LogP contribution is -2.21. The molecule has 0 aromatic carbocycles. The van der Waals surface area contributed by atoms with E-state index in [2.05, 4.69) is 23.5 Å². The number of rotatable bonds is 5. The summed E-state index contributed by atoms with van der Waals surface area (Å²) in [5.41, 5.74) is 1.44. The third-order valence-corrected chi connectivity index (χ3v) is 2.85. The van der Waals surface area contributed by atoms with Crippen molar-refractivity contribution in [1.82, 2.24) is 4.98 Å². The maximum absolute atomic E-state index is 8.60. The highest BCUT2D eigenvalue weighted by molar-refractivity contribution is 7.98. The molecular formula is C11H15N3S. The molecule has 1 heterocycles. The normalized spacial score (nSPS) is 11.8. The standard InChI is InChI=1S/C11H15N3S/c1-3-9(8-15-2)14-11-5-4-10(6-12)13-7-11/h4-5,7,9,14H,3,8H2,1-2H3/t9-/m1/s1. The SMILES string of the molecule is CC[C@H](CSC)Nc1ccc(C#N)nc1. The average Bonchev–Trinajstić information content (AvgIpc) is 2.29. The summed E-state index contributed by atoms with van der Waals surface area (Å²) in [6.07, 6.45) is 4.89. The number of nitrogens with zero attached hydrogens (tertiary/aromatic N) is 2. The second kappa shape index (κ2) is 6.31. The van der Waals surface area contributed by atoms with Crippen molar-refractivity contribution in [2.24, 2.45) is 0 Å². The van der Waals surface area contributed by atoms with Crippen LogP contribution < -0.4 is 5.32 Å². The lowest BCUT2D eigenvalue weighted by molar-refractivity contribution is 0.774. The molecule has 1 atom stereocenters. The second-order valence-electron chi connectivity index (χ2n) is 3.25. The average molecular weight is 221 g/mol. The third-order valence-electron chi connectivity index (χ3n) is 2.11. The van der Waals surface area contributed by atoms with Crippen molar-refractivity contribution in [3.05, 3.63) is 24.0 Å². The molecule has 0 radical (unpaired) electrons. The molecule has 0 saturated carbocycles. The molecule has 1 aromatic heterocycles. The summed E-state index contributed by atoms with van der Waals surface area (Å²) in [6.45, 7) is 2.16. The number of hydrogen-bond donors (Lipinski definition) is 1. The molecule has 0 unspecified atom stereocenters. The van der Waals surface area contributed by atoms with Gasteiger partial charge in [0.25, 0.3) is 0 Å². The smallest absolute Gasteiger partial charge is 0.140 e. The van der Waals surface area contributed by atoms with Crippen molar-refractivity contribution >= 4 is 17.4 Å². The Morgan fingerprint density at radius 1 is 1.60 bits per heavy atom. The molecule has 0 saturated heterocycles. The molecule has 15 heavy (non-hydrogen) atoms. The van der Waals surface area contributed by atoms with Crippen LogP contribution >= 0.6 is 11.8 Å². The Morgan fingerprint density at radius 2 is 2.40 bits per heavy atom. The first-order valence-corrected chi connectivity index (χ1v) is 6.31. The molecular weight excluding hydrogens is 206 g/mol. The highest BCUT2D eigenvalue weighted by atomic mass is 32.2. The van der Waals surface area contributed by atoms with E-state index in [1.54, 1.807) is 12.3 Å². The van der Waals surface area contributed by atoms with Gasteiger partial charge in [-0.15, -0.1) is 0 Å². The molecule has 80 valence electrons. The maximum atomic E-state index is 8.60. The van der Waals surface area contributed by atoms with E-state index in [-0.39, 0.29) is 0 Å². The van der Waals surface area contributed by atoms with Crippen LogP contribution in [0, 0.1) is 11.3 Å². The Labute approximate surface area is 94.9 Å². The molecule has 4 heteroatoms. The van der Waals surface area contributed by atoms with Crippen LogP contribution in [0.4, 0.5) is 5.69 Å². The molecule has 0 bridgehead atoms. The maximum Gasteiger partial charge on any atom is 0.140 e. The van der Waals surface area contributed by atoms with E-state index in [0.29, 0.717) is 11.7 Å². The van der Waals surface area contributed by atoms with Crippen LogP contribution in [-0.2, 0) is 0 Å². The zero-order chi connectivity index (χ0) is 11.1. The van der Waals surface area contributed by atoms with E-state index in [4.69, 9.17) is 5.26 Å². The van der Waals surface area contributed by atoms with Crippen LogP contribution in [0.1, 0.15) is 19.0 Å². The van der Waals surface area contributed by atoms with Crippen molar-refractivity contribution in [3.8, 4) is 6.07 Å². The van der Waals surface area contributed by atoms with Crippen molar-refractivity contribution < 1.29 is 0 Å². The van der Waals surface area contributed by atoms with Gasteiger partial charge in [0, 0.05) is 11.8 Å². The first kappa shape index (κ1) is 11.9. The van der Waals surface area contributed by atoms with Gasteiger partial charge in [-0.05, 0) is 24.8 Å². The zero-order valence-electron chi connectivity index (χ0n) is 9.03. The molecule has 3 nitrogen and oxygen atoms in total. The van der Waals surface area contributed by atoms with Gasteiger partial charge in [-0.2, -0.15) is 17.0 Å². The van der Waals surface area contributed by atoms with Crippen LogP contribution in [0.15, 0.2) is 18.3 Å². The van der Waals surface area contributed by atoms with Gasteiger partial charge in [-0.3, -0.25) is 0 Å². The largest absolute Gasteiger partial charge is 0.380 e. The van der Waals surface area contributed by atoms with Crippen LogP contribution in [-0.4, -0.2) is 23.0 Å². The van der Waals surface area contributed by atoms with Crippen molar-refractivity contribution in [1.29, 1.82) is 5.26 Å². The molecule has 0 fully saturated rings. The Hall–Kier alpha value is -1.21. The number of pyridine rings is 1. The summed E-state index contributed by atoms with van der Waals surface area (Å²) in [5, 5.41) is 12.0. The van der Waals surface area contributed by atoms with Crippen molar-refractivity contribution in [2.45, 2.75) is 19.4 Å². The summed E-state index contributed by atoms with van der Waals surface area (Å²) >= 11 is 1.83. The summed E-state index contributed by atoms with van der Waals surface area (Å²) in [4.78, 5) is 4.01. The quantitative estimate of drug-likeness (QED) is 0.830. The van der Waals surface area contributed by atoms with Crippen LogP contribution in [0.25, 0.3) is 0 Å². The number of nitriles is 1. The fourth-order valence-electron chi connectivity index (χ4n) is 1.24. The minimum Gasteiger partial charge on any atom is -0.380 e. The number of nitrogens with one attached hydrogen (secondary N) is 1. The number of hydrogen-bond acceptors (Lipinski definition) is 4. The van der Waals surface area contributed by atoms with Crippen LogP contribution in [0.3, 0.4) is 0 Å². The predicted molar refractivity (Wildman–Crippen MR) is 65.0 cm³/mol. The second-order valence-corrected chi connectivity index (χ2v) is 4.16. The lowest BCUT2D eigenvalue weighted by Gasteiger charge is -2.16. The Bertz CT molecular complexity index is 329. The fourth-order valence-corrected chi connectivity index (χ4v) is 1.97. The zero-order valence-corrected chi connectivity index (χ0v) is 9.84. The number of thioether (sulfide) groups is 1. The van der Waals surface area contributed by atoms with Crippen LogP contribution in [0.2, 0.25) is 0 Å². The van der Waals surface area contributed by atoms with Gasteiger partial charge in [0.2, 0.25) is 0 Å². The van der Waals surface area contributed by atoms with E-state index in [0.717, 1.165) is 17.9 Å². The molecule has 1 aromatic rings. The molecule has 1 rings (SSSR count). The molecule has 0 spiro atoms. The minimum absolute atomic E-state index is 0.457.